The molecule has 9 rings (SSSR count). The topological polar surface area (TPSA) is 44.8 Å². The SMILES string of the molecule is Cc1cc(-c2ccc3c(c2)N(c2cccc([Si]4(c5ccccn5)c5ccc(C(C)(C)C)cc5-c5cc(C(C)(C)C)ccc54)c2)c2ccccc2C3(C)C)n[nH]1. The fraction of sp³-hybridized carbons (Fsp3) is 0.240. The lowest BCUT2D eigenvalue weighted by Crippen LogP contribution is -2.73. The van der Waals surface area contributed by atoms with Crippen LogP contribution in [-0.4, -0.2) is 23.3 Å². The molecular formula is C50H50N4Si. The van der Waals surface area contributed by atoms with Crippen molar-refractivity contribution >= 4 is 46.0 Å². The third-order valence-electron chi connectivity index (χ3n) is 12.2. The predicted molar refractivity (Wildman–Crippen MR) is 233 cm³/mol. The average molecular weight is 735 g/mol. The molecule has 0 atom stereocenters. The standard InChI is InChI=1S/C50H50N4Si/c1-32-27-42(53-52-32)33-20-23-41-44(28-33)54(43-18-11-10-17-40(43)50(41,8)9)36-15-14-16-37(31-36)55(47-19-12-13-26-51-47)45-24-21-34(48(2,3)4)29-38(45)39-30-35(49(5,6)7)22-25-46(39)55/h10-31H,1-9H3,(H,52,53). The van der Waals surface area contributed by atoms with E-state index < -0.39 is 8.07 Å². The van der Waals surface area contributed by atoms with Gasteiger partial charge in [-0.2, -0.15) is 5.10 Å². The second kappa shape index (κ2) is 12.2. The van der Waals surface area contributed by atoms with Gasteiger partial charge >= 0.3 is 0 Å². The van der Waals surface area contributed by atoms with E-state index in [9.17, 15) is 0 Å². The number of hydrogen-bond acceptors (Lipinski definition) is 3. The highest BCUT2D eigenvalue weighted by Crippen LogP contribution is 2.52. The van der Waals surface area contributed by atoms with Gasteiger partial charge in [0.15, 0.2) is 0 Å². The van der Waals surface area contributed by atoms with Crippen molar-refractivity contribution in [3.63, 3.8) is 0 Å². The summed E-state index contributed by atoms with van der Waals surface area (Å²) < 4.78 is 0. The van der Waals surface area contributed by atoms with E-state index in [1.807, 2.05) is 12.3 Å². The molecule has 5 heteroatoms. The summed E-state index contributed by atoms with van der Waals surface area (Å²) in [5.74, 6) is 0. The summed E-state index contributed by atoms with van der Waals surface area (Å²) in [6.07, 6.45) is 1.98. The number of nitrogens with one attached hydrogen (secondary N) is 1. The third kappa shape index (κ3) is 5.38. The highest BCUT2D eigenvalue weighted by atomic mass is 28.3. The van der Waals surface area contributed by atoms with Crippen molar-refractivity contribution in [1.82, 2.24) is 15.2 Å². The Morgan fingerprint density at radius 2 is 1.27 bits per heavy atom. The summed E-state index contributed by atoms with van der Waals surface area (Å²) in [6.45, 7) is 20.7. The Hall–Kier alpha value is -5.52. The van der Waals surface area contributed by atoms with Crippen molar-refractivity contribution in [2.24, 2.45) is 0 Å². The lowest BCUT2D eigenvalue weighted by Gasteiger charge is -2.42. The molecule has 0 amide bonds. The van der Waals surface area contributed by atoms with Crippen LogP contribution in [0, 0.1) is 6.92 Å². The van der Waals surface area contributed by atoms with Crippen LogP contribution in [0.5, 0.6) is 0 Å². The van der Waals surface area contributed by atoms with Crippen LogP contribution in [0.15, 0.2) is 134 Å². The van der Waals surface area contributed by atoms with Crippen molar-refractivity contribution < 1.29 is 0 Å². The molecule has 4 heterocycles. The lowest BCUT2D eigenvalue weighted by atomic mass is 9.73. The fourth-order valence-electron chi connectivity index (χ4n) is 9.18. The number of aryl methyl sites for hydroxylation is 1. The molecule has 2 aliphatic heterocycles. The number of nitrogens with zero attached hydrogens (tertiary/aromatic N) is 3. The molecule has 0 bridgehead atoms. The molecule has 0 fully saturated rings. The van der Waals surface area contributed by atoms with E-state index in [1.54, 1.807) is 0 Å². The Labute approximate surface area is 327 Å². The fourth-order valence-corrected chi connectivity index (χ4v) is 14.2. The Kier molecular flexibility index (Phi) is 7.83. The Bertz CT molecular complexity index is 2550. The molecule has 0 spiro atoms. The molecule has 4 nitrogen and oxygen atoms in total. The minimum Gasteiger partial charge on any atom is -0.310 e. The molecule has 55 heavy (non-hydrogen) atoms. The molecule has 0 saturated heterocycles. The zero-order valence-corrected chi connectivity index (χ0v) is 34.5. The monoisotopic (exact) mass is 734 g/mol. The number of benzene rings is 5. The van der Waals surface area contributed by atoms with Gasteiger partial charge in [0.1, 0.15) is 0 Å². The van der Waals surface area contributed by atoms with Crippen molar-refractivity contribution in [3.8, 4) is 22.4 Å². The summed E-state index contributed by atoms with van der Waals surface area (Å²) >= 11 is 0. The molecule has 0 unspecified atom stereocenters. The number of rotatable bonds is 4. The van der Waals surface area contributed by atoms with Crippen LogP contribution in [-0.2, 0) is 16.2 Å². The summed E-state index contributed by atoms with van der Waals surface area (Å²) in [5, 5.41) is 13.1. The number of pyridine rings is 1. The average Bonchev–Trinajstić information content (AvgIpc) is 3.73. The maximum Gasteiger partial charge on any atom is 0.203 e. The number of hydrogen-bond donors (Lipinski definition) is 1. The Balaban J connectivity index is 1.33. The smallest absolute Gasteiger partial charge is 0.203 e. The molecule has 7 aromatic rings. The van der Waals surface area contributed by atoms with Crippen LogP contribution in [0.4, 0.5) is 17.1 Å². The first-order valence-electron chi connectivity index (χ1n) is 19.6. The van der Waals surface area contributed by atoms with E-state index in [0.717, 1.165) is 28.0 Å². The highest BCUT2D eigenvalue weighted by Gasteiger charge is 2.51. The quantitative estimate of drug-likeness (QED) is 0.183. The minimum absolute atomic E-state index is 0.0187. The van der Waals surface area contributed by atoms with Crippen LogP contribution >= 0.6 is 0 Å². The molecule has 274 valence electrons. The van der Waals surface area contributed by atoms with E-state index in [1.165, 1.54) is 60.3 Å². The van der Waals surface area contributed by atoms with Crippen molar-refractivity contribution in [2.75, 3.05) is 4.90 Å². The normalized spacial score (nSPS) is 15.3. The summed E-state index contributed by atoms with van der Waals surface area (Å²) in [5.41, 5.74) is 14.5. The molecule has 2 aliphatic rings. The maximum absolute atomic E-state index is 5.27. The van der Waals surface area contributed by atoms with E-state index in [0.29, 0.717) is 0 Å². The third-order valence-corrected chi connectivity index (χ3v) is 16.9. The first-order valence-corrected chi connectivity index (χ1v) is 21.6. The molecule has 0 radical (unpaired) electrons. The van der Waals surface area contributed by atoms with Gasteiger partial charge in [0.2, 0.25) is 8.07 Å². The lowest BCUT2D eigenvalue weighted by molar-refractivity contribution is 0.589. The maximum atomic E-state index is 5.27. The van der Waals surface area contributed by atoms with Crippen molar-refractivity contribution in [2.45, 2.75) is 78.6 Å². The molecule has 1 N–H and O–H groups in total. The Morgan fingerprint density at radius 1 is 0.618 bits per heavy atom. The number of aromatic amines is 1. The van der Waals surface area contributed by atoms with E-state index in [-0.39, 0.29) is 16.2 Å². The van der Waals surface area contributed by atoms with E-state index >= 15 is 0 Å². The number of anilines is 3. The minimum atomic E-state index is -2.91. The number of aromatic nitrogens is 3. The highest BCUT2D eigenvalue weighted by molar-refractivity contribution is 7.21. The van der Waals surface area contributed by atoms with Gasteiger partial charge in [0.25, 0.3) is 0 Å². The van der Waals surface area contributed by atoms with Gasteiger partial charge in [-0.1, -0.05) is 140 Å². The van der Waals surface area contributed by atoms with Gasteiger partial charge in [-0.05, 0) is 109 Å². The molecule has 0 saturated carbocycles. The first kappa shape index (κ1) is 35.2. The van der Waals surface area contributed by atoms with Crippen LogP contribution < -0.4 is 25.8 Å². The Morgan fingerprint density at radius 3 is 1.89 bits per heavy atom. The van der Waals surface area contributed by atoms with Gasteiger partial charge in [-0.15, -0.1) is 0 Å². The zero-order chi connectivity index (χ0) is 38.5. The second-order valence-electron chi connectivity index (χ2n) is 18.2. The van der Waals surface area contributed by atoms with E-state index in [2.05, 4.69) is 199 Å². The predicted octanol–water partition coefficient (Wildman–Crippen LogP) is 9.84. The first-order chi connectivity index (χ1) is 26.2. The van der Waals surface area contributed by atoms with E-state index in [4.69, 9.17) is 4.98 Å². The van der Waals surface area contributed by atoms with Crippen LogP contribution in [0.25, 0.3) is 22.4 Å². The zero-order valence-electron chi connectivity index (χ0n) is 33.5. The number of H-pyrrole nitrogens is 1. The summed E-state index contributed by atoms with van der Waals surface area (Å²) in [6, 6.07) is 48.5. The second-order valence-corrected chi connectivity index (χ2v) is 21.8. The van der Waals surface area contributed by atoms with Gasteiger partial charge in [-0.25, -0.2) is 0 Å². The summed E-state index contributed by atoms with van der Waals surface area (Å²) in [4.78, 5) is 7.76. The number of para-hydroxylation sites is 1. The van der Waals surface area contributed by atoms with Crippen molar-refractivity contribution in [3.05, 3.63) is 162 Å². The van der Waals surface area contributed by atoms with Gasteiger partial charge in [0, 0.05) is 33.9 Å². The van der Waals surface area contributed by atoms with Gasteiger partial charge in [0.05, 0.1) is 17.1 Å². The molecular weight excluding hydrogens is 685 g/mol. The molecule has 0 aliphatic carbocycles. The molecule has 5 aromatic carbocycles. The van der Waals surface area contributed by atoms with Crippen LogP contribution in [0.2, 0.25) is 0 Å². The summed E-state index contributed by atoms with van der Waals surface area (Å²) in [7, 11) is -2.91. The largest absolute Gasteiger partial charge is 0.310 e. The van der Waals surface area contributed by atoms with Gasteiger partial charge < -0.3 is 4.90 Å². The van der Waals surface area contributed by atoms with Gasteiger partial charge in [-0.3, -0.25) is 10.1 Å². The van der Waals surface area contributed by atoms with Crippen LogP contribution in [0.1, 0.15) is 83.3 Å². The van der Waals surface area contributed by atoms with Crippen LogP contribution in [0.3, 0.4) is 0 Å². The van der Waals surface area contributed by atoms with Crippen molar-refractivity contribution in [1.29, 1.82) is 0 Å². The number of fused-ring (bicyclic) bond motifs is 5. The molecule has 2 aromatic heterocycles.